The average Bonchev–Trinajstić information content (AvgIpc) is 2.33. The zero-order valence-electron chi connectivity index (χ0n) is 10.3. The Morgan fingerprint density at radius 2 is 2.00 bits per heavy atom. The third kappa shape index (κ3) is 2.57. The van der Waals surface area contributed by atoms with Crippen molar-refractivity contribution in [2.24, 2.45) is 5.41 Å². The normalized spacial score (nSPS) is 22.8. The summed E-state index contributed by atoms with van der Waals surface area (Å²) in [5, 5.41) is 2.89. The van der Waals surface area contributed by atoms with Crippen molar-refractivity contribution in [3.05, 3.63) is 29.8 Å². The molecule has 0 bridgehead atoms. The van der Waals surface area contributed by atoms with Crippen molar-refractivity contribution in [1.29, 1.82) is 0 Å². The van der Waals surface area contributed by atoms with Crippen LogP contribution in [0.3, 0.4) is 0 Å². The second kappa shape index (κ2) is 4.61. The predicted molar refractivity (Wildman–Crippen MR) is 69.2 cm³/mol. The van der Waals surface area contributed by atoms with Gasteiger partial charge in [0, 0.05) is 10.3 Å². The van der Waals surface area contributed by atoms with E-state index in [0.717, 1.165) is 5.56 Å². The highest BCUT2D eigenvalue weighted by Crippen LogP contribution is 2.36. The van der Waals surface area contributed by atoms with Crippen LogP contribution in [-0.2, 0) is 4.74 Å². The van der Waals surface area contributed by atoms with E-state index in [1.165, 1.54) is 4.90 Å². The molecule has 2 rings (SSSR count). The van der Waals surface area contributed by atoms with Crippen LogP contribution in [-0.4, -0.2) is 19.0 Å². The number of rotatable bonds is 2. The Labute approximate surface area is 106 Å². The van der Waals surface area contributed by atoms with E-state index >= 15 is 0 Å². The Balaban J connectivity index is 2.26. The molecular weight excluding hydrogens is 234 g/mol. The summed E-state index contributed by atoms with van der Waals surface area (Å²) in [5.74, 6) is 0. The summed E-state index contributed by atoms with van der Waals surface area (Å²) >= 11 is 1.71. The summed E-state index contributed by atoms with van der Waals surface area (Å²) in [7, 11) is 0. The molecule has 92 valence electrons. The number of carbonyl (C=O) groups excluding carboxylic acids is 1. The first-order chi connectivity index (χ1) is 8.03. The predicted octanol–water partition coefficient (Wildman–Crippen LogP) is 3.22. The van der Waals surface area contributed by atoms with Crippen LogP contribution in [0.1, 0.15) is 25.5 Å². The van der Waals surface area contributed by atoms with Crippen molar-refractivity contribution in [2.75, 3.05) is 12.9 Å². The molecule has 0 aliphatic carbocycles. The Hall–Kier alpha value is -1.16. The molecule has 4 heteroatoms. The zero-order valence-corrected chi connectivity index (χ0v) is 11.1. The van der Waals surface area contributed by atoms with Gasteiger partial charge >= 0.3 is 6.09 Å². The Bertz CT molecular complexity index is 414. The van der Waals surface area contributed by atoms with Crippen molar-refractivity contribution in [3.63, 3.8) is 0 Å². The topological polar surface area (TPSA) is 38.3 Å². The van der Waals surface area contributed by atoms with Crippen LogP contribution in [0.2, 0.25) is 0 Å². The van der Waals surface area contributed by atoms with E-state index in [9.17, 15) is 4.79 Å². The maximum Gasteiger partial charge on any atom is 0.407 e. The van der Waals surface area contributed by atoms with Gasteiger partial charge in [-0.1, -0.05) is 26.0 Å². The third-order valence-electron chi connectivity index (χ3n) is 3.07. The van der Waals surface area contributed by atoms with E-state index < -0.39 is 0 Å². The molecule has 0 aromatic heterocycles. The third-order valence-corrected chi connectivity index (χ3v) is 3.81. The van der Waals surface area contributed by atoms with Gasteiger partial charge in [0.1, 0.15) is 6.61 Å². The van der Waals surface area contributed by atoms with E-state index in [-0.39, 0.29) is 17.6 Å². The van der Waals surface area contributed by atoms with Crippen molar-refractivity contribution in [2.45, 2.75) is 24.8 Å². The van der Waals surface area contributed by atoms with Crippen molar-refractivity contribution in [3.8, 4) is 0 Å². The van der Waals surface area contributed by atoms with E-state index in [4.69, 9.17) is 4.74 Å². The Kier molecular flexibility index (Phi) is 3.33. The van der Waals surface area contributed by atoms with E-state index in [1.807, 2.05) is 0 Å². The van der Waals surface area contributed by atoms with E-state index in [2.05, 4.69) is 49.7 Å². The molecule has 0 spiro atoms. The SMILES string of the molecule is CSc1ccc([C@@H]2NC(=O)OCC2(C)C)cc1. The fourth-order valence-electron chi connectivity index (χ4n) is 2.02. The minimum Gasteiger partial charge on any atom is -0.449 e. The first-order valence-electron chi connectivity index (χ1n) is 5.60. The van der Waals surface area contributed by atoms with Gasteiger partial charge in [0.25, 0.3) is 0 Å². The minimum atomic E-state index is -0.330. The quantitative estimate of drug-likeness (QED) is 0.820. The lowest BCUT2D eigenvalue weighted by Gasteiger charge is -2.38. The zero-order chi connectivity index (χ0) is 12.5. The molecule has 1 atom stereocenters. The molecule has 0 radical (unpaired) electrons. The number of cyclic esters (lactones) is 1. The van der Waals surface area contributed by atoms with Gasteiger partial charge in [-0.15, -0.1) is 11.8 Å². The van der Waals surface area contributed by atoms with Gasteiger partial charge in [-0.05, 0) is 24.0 Å². The molecule has 1 aromatic rings. The van der Waals surface area contributed by atoms with Crippen LogP contribution >= 0.6 is 11.8 Å². The van der Waals surface area contributed by atoms with Gasteiger partial charge in [0.05, 0.1) is 6.04 Å². The van der Waals surface area contributed by atoms with Crippen molar-refractivity contribution >= 4 is 17.9 Å². The highest BCUT2D eigenvalue weighted by Gasteiger charge is 2.37. The van der Waals surface area contributed by atoms with Gasteiger partial charge in [-0.2, -0.15) is 0 Å². The number of thioether (sulfide) groups is 1. The van der Waals surface area contributed by atoms with Gasteiger partial charge < -0.3 is 10.1 Å². The van der Waals surface area contributed by atoms with Crippen LogP contribution in [0, 0.1) is 5.41 Å². The van der Waals surface area contributed by atoms with Crippen molar-refractivity contribution < 1.29 is 9.53 Å². The lowest BCUT2D eigenvalue weighted by atomic mass is 9.80. The Morgan fingerprint density at radius 3 is 2.59 bits per heavy atom. The maximum atomic E-state index is 11.3. The maximum absolute atomic E-state index is 11.3. The summed E-state index contributed by atoms with van der Waals surface area (Å²) in [5.41, 5.74) is 1.04. The van der Waals surface area contributed by atoms with E-state index in [0.29, 0.717) is 6.61 Å². The fourth-order valence-corrected chi connectivity index (χ4v) is 2.43. The first kappa shape index (κ1) is 12.3. The van der Waals surface area contributed by atoms with Crippen LogP contribution in [0.15, 0.2) is 29.2 Å². The summed E-state index contributed by atoms with van der Waals surface area (Å²) in [6.45, 7) is 4.65. The molecule has 1 aromatic carbocycles. The molecule has 1 amide bonds. The number of ether oxygens (including phenoxy) is 1. The molecule has 1 aliphatic rings. The highest BCUT2D eigenvalue weighted by atomic mass is 32.2. The monoisotopic (exact) mass is 251 g/mol. The van der Waals surface area contributed by atoms with Crippen LogP contribution < -0.4 is 5.32 Å². The molecule has 1 saturated heterocycles. The number of nitrogens with one attached hydrogen (secondary N) is 1. The summed E-state index contributed by atoms with van der Waals surface area (Å²) in [4.78, 5) is 12.5. The van der Waals surface area contributed by atoms with Crippen LogP contribution in [0.5, 0.6) is 0 Å². The number of amides is 1. The first-order valence-corrected chi connectivity index (χ1v) is 6.82. The minimum absolute atomic E-state index is 0.0136. The van der Waals surface area contributed by atoms with Crippen molar-refractivity contribution in [1.82, 2.24) is 5.32 Å². The van der Waals surface area contributed by atoms with Crippen LogP contribution in [0.25, 0.3) is 0 Å². The molecule has 3 nitrogen and oxygen atoms in total. The average molecular weight is 251 g/mol. The number of hydrogen-bond donors (Lipinski definition) is 1. The molecule has 1 fully saturated rings. The summed E-state index contributed by atoms with van der Waals surface area (Å²) in [6.07, 6.45) is 1.72. The molecule has 0 saturated carbocycles. The lowest BCUT2D eigenvalue weighted by Crippen LogP contribution is -2.46. The molecule has 1 heterocycles. The van der Waals surface area contributed by atoms with Gasteiger partial charge in [0.2, 0.25) is 0 Å². The number of carbonyl (C=O) groups is 1. The molecule has 17 heavy (non-hydrogen) atoms. The van der Waals surface area contributed by atoms with Crippen LogP contribution in [0.4, 0.5) is 4.79 Å². The Morgan fingerprint density at radius 1 is 1.35 bits per heavy atom. The molecule has 0 unspecified atom stereocenters. The smallest absolute Gasteiger partial charge is 0.407 e. The standard InChI is InChI=1S/C13H17NO2S/c1-13(2)8-16-12(15)14-11(13)9-4-6-10(17-3)7-5-9/h4-7,11H,8H2,1-3H3,(H,14,15)/t11-/m0/s1. The van der Waals surface area contributed by atoms with E-state index in [1.54, 1.807) is 11.8 Å². The molecule has 1 aliphatic heterocycles. The second-order valence-electron chi connectivity index (χ2n) is 4.92. The van der Waals surface area contributed by atoms with Gasteiger partial charge in [-0.25, -0.2) is 4.79 Å². The number of hydrogen-bond acceptors (Lipinski definition) is 3. The number of benzene rings is 1. The second-order valence-corrected chi connectivity index (χ2v) is 5.79. The number of alkyl carbamates (subject to hydrolysis) is 1. The lowest BCUT2D eigenvalue weighted by molar-refractivity contribution is 0.0387. The fraction of sp³-hybridized carbons (Fsp3) is 0.462. The molecular formula is C13H17NO2S. The summed E-state index contributed by atoms with van der Waals surface area (Å²) < 4.78 is 5.04. The highest BCUT2D eigenvalue weighted by molar-refractivity contribution is 7.98. The van der Waals surface area contributed by atoms with Gasteiger partial charge in [-0.3, -0.25) is 0 Å². The molecule has 1 N–H and O–H groups in total. The van der Waals surface area contributed by atoms with Gasteiger partial charge in [0.15, 0.2) is 0 Å². The summed E-state index contributed by atoms with van der Waals surface area (Å²) in [6, 6.07) is 8.32. The largest absolute Gasteiger partial charge is 0.449 e.